The summed E-state index contributed by atoms with van der Waals surface area (Å²) in [7, 11) is 0. The molecular formula is C11H8N4O2S. The number of aldehydes is 1. The summed E-state index contributed by atoms with van der Waals surface area (Å²) in [5.74, 6) is -0.603. The summed E-state index contributed by atoms with van der Waals surface area (Å²) in [6.07, 6.45) is 2.50. The van der Waals surface area contributed by atoms with Gasteiger partial charge in [-0.1, -0.05) is 0 Å². The van der Waals surface area contributed by atoms with E-state index in [9.17, 15) is 9.59 Å². The van der Waals surface area contributed by atoms with Crippen LogP contribution in [0.2, 0.25) is 0 Å². The van der Waals surface area contributed by atoms with E-state index in [1.807, 2.05) is 0 Å². The number of rotatable bonds is 4. The Labute approximate surface area is 106 Å². The van der Waals surface area contributed by atoms with Crippen LogP contribution in [0.5, 0.6) is 0 Å². The molecule has 90 valence electrons. The molecule has 2 aromatic rings. The van der Waals surface area contributed by atoms with Gasteiger partial charge in [-0.05, 0) is 33.7 Å². The van der Waals surface area contributed by atoms with Gasteiger partial charge in [-0.25, -0.2) is 0 Å². The fraction of sp³-hybridized carbons (Fsp3) is 0.0909. The van der Waals surface area contributed by atoms with E-state index in [-0.39, 0.29) is 0 Å². The number of azide groups is 1. The van der Waals surface area contributed by atoms with Gasteiger partial charge in [0.1, 0.15) is 0 Å². The second-order valence-corrected chi connectivity index (χ2v) is 4.23. The number of carbonyl (C=O) groups is 2. The molecule has 2 aromatic heterocycles. The highest BCUT2D eigenvalue weighted by atomic mass is 32.1. The number of amides is 1. The molecule has 0 saturated heterocycles. The summed E-state index contributed by atoms with van der Waals surface area (Å²) in [5.41, 5.74) is 9.90. The van der Waals surface area contributed by atoms with Crippen LogP contribution in [0.25, 0.3) is 10.4 Å². The van der Waals surface area contributed by atoms with Gasteiger partial charge in [-0.15, -0.1) is 0 Å². The van der Waals surface area contributed by atoms with Crippen LogP contribution in [0.15, 0.2) is 34.2 Å². The molecule has 2 heterocycles. The van der Waals surface area contributed by atoms with Crippen molar-refractivity contribution in [2.24, 2.45) is 5.11 Å². The minimum absolute atomic E-state index is 0.378. The fourth-order valence-corrected chi connectivity index (χ4v) is 2.41. The van der Waals surface area contributed by atoms with Crippen LogP contribution in [-0.4, -0.2) is 16.8 Å². The Morgan fingerprint density at radius 2 is 2.39 bits per heavy atom. The van der Waals surface area contributed by atoms with E-state index in [0.717, 1.165) is 11.8 Å². The Kier molecular flexibility index (Phi) is 3.57. The van der Waals surface area contributed by atoms with Crippen LogP contribution in [0.1, 0.15) is 26.4 Å². The number of nitrogens with zero attached hydrogens (tertiary/aromatic N) is 4. The Morgan fingerprint density at radius 3 is 3.11 bits per heavy atom. The second kappa shape index (κ2) is 5.31. The topological polar surface area (TPSA) is 87.8 Å². The van der Waals surface area contributed by atoms with Gasteiger partial charge in [-0.3, -0.25) is 9.59 Å². The van der Waals surface area contributed by atoms with Crippen LogP contribution in [0.3, 0.4) is 0 Å². The Balaban J connectivity index is 2.30. The van der Waals surface area contributed by atoms with Gasteiger partial charge in [0, 0.05) is 28.6 Å². The lowest BCUT2D eigenvalue weighted by atomic mass is 10.2. The monoisotopic (exact) mass is 260 g/mol. The van der Waals surface area contributed by atoms with Crippen molar-refractivity contribution in [3.05, 3.63) is 56.4 Å². The van der Waals surface area contributed by atoms with E-state index < -0.39 is 5.91 Å². The normalized spacial score (nSPS) is 9.78. The molecule has 0 aliphatic carbocycles. The number of hydrogen-bond donors (Lipinski definition) is 0. The van der Waals surface area contributed by atoms with Gasteiger partial charge < -0.3 is 4.57 Å². The molecule has 6 nitrogen and oxygen atoms in total. The average Bonchev–Trinajstić information content (AvgIpc) is 2.98. The molecular weight excluding hydrogens is 252 g/mol. The number of hydrogen-bond acceptors (Lipinski definition) is 3. The molecule has 0 aliphatic heterocycles. The number of thiophene rings is 1. The molecule has 0 N–H and O–H groups in total. The maximum absolute atomic E-state index is 11.5. The lowest BCUT2D eigenvalue weighted by Gasteiger charge is -2.05. The molecule has 0 spiro atoms. The first-order valence-electron chi connectivity index (χ1n) is 5.01. The molecule has 0 radical (unpaired) electrons. The largest absolute Gasteiger partial charge is 0.341 e. The van der Waals surface area contributed by atoms with Crippen molar-refractivity contribution in [1.82, 2.24) is 4.57 Å². The van der Waals surface area contributed by atoms with Crippen LogP contribution < -0.4 is 0 Å². The Bertz CT molecular complexity index is 637. The van der Waals surface area contributed by atoms with Crippen LogP contribution >= 0.6 is 11.3 Å². The van der Waals surface area contributed by atoms with E-state index in [0.29, 0.717) is 17.8 Å². The molecule has 2 rings (SSSR count). The van der Waals surface area contributed by atoms with Crippen LogP contribution in [-0.2, 0) is 6.54 Å². The quantitative estimate of drug-likeness (QED) is 0.366. The maximum atomic E-state index is 11.5. The Hall–Kier alpha value is -2.37. The summed E-state index contributed by atoms with van der Waals surface area (Å²) in [6.45, 7) is 0.395. The van der Waals surface area contributed by atoms with E-state index >= 15 is 0 Å². The lowest BCUT2D eigenvalue weighted by Crippen LogP contribution is -2.05. The number of carbonyl (C=O) groups excluding carboxylic acids is 2. The predicted octanol–water partition coefficient (Wildman–Crippen LogP) is 2.86. The minimum atomic E-state index is -0.603. The first-order chi connectivity index (χ1) is 8.76. The molecule has 0 unspecified atom stereocenters. The molecule has 0 saturated carbocycles. The van der Waals surface area contributed by atoms with Crippen LogP contribution in [0, 0.1) is 0 Å². The van der Waals surface area contributed by atoms with Gasteiger partial charge in [0.15, 0.2) is 6.29 Å². The van der Waals surface area contributed by atoms with Gasteiger partial charge in [0.25, 0.3) is 0 Å². The zero-order valence-electron chi connectivity index (χ0n) is 9.18. The smallest absolute Gasteiger partial charge is 0.250 e. The van der Waals surface area contributed by atoms with Crippen molar-refractivity contribution in [3.8, 4) is 0 Å². The summed E-state index contributed by atoms with van der Waals surface area (Å²) in [4.78, 5) is 24.8. The molecule has 0 fully saturated rings. The van der Waals surface area contributed by atoms with E-state index in [1.165, 1.54) is 11.3 Å². The molecule has 7 heteroatoms. The molecule has 0 bridgehead atoms. The first-order valence-corrected chi connectivity index (χ1v) is 5.95. The highest BCUT2D eigenvalue weighted by molar-refractivity contribution is 7.08. The Morgan fingerprint density at radius 1 is 1.56 bits per heavy atom. The summed E-state index contributed by atoms with van der Waals surface area (Å²) in [5, 5.41) is 6.50. The van der Waals surface area contributed by atoms with Gasteiger partial charge >= 0.3 is 0 Å². The van der Waals surface area contributed by atoms with Crippen LogP contribution in [0.4, 0.5) is 0 Å². The zero-order valence-corrected chi connectivity index (χ0v) is 10.0. The predicted molar refractivity (Wildman–Crippen MR) is 66.7 cm³/mol. The maximum Gasteiger partial charge on any atom is 0.250 e. The van der Waals surface area contributed by atoms with E-state index in [1.54, 1.807) is 33.7 Å². The summed E-state index contributed by atoms with van der Waals surface area (Å²) < 4.78 is 1.72. The molecule has 0 atom stereocenters. The second-order valence-electron chi connectivity index (χ2n) is 3.48. The average molecular weight is 260 g/mol. The molecule has 0 aliphatic rings. The standard InChI is InChI=1S/C11H8N4O2S/c12-14-13-11(17)10-7-18-6-8(10)4-15-3-1-2-9(15)5-16/h1-3,5-7H,4H2. The third-order valence-electron chi connectivity index (χ3n) is 2.43. The highest BCUT2D eigenvalue weighted by Crippen LogP contribution is 2.18. The van der Waals surface area contributed by atoms with Crippen molar-refractivity contribution < 1.29 is 9.59 Å². The molecule has 1 amide bonds. The number of aromatic nitrogens is 1. The van der Waals surface area contributed by atoms with Gasteiger partial charge in [0.05, 0.1) is 5.69 Å². The zero-order chi connectivity index (χ0) is 13.0. The van der Waals surface area contributed by atoms with Crippen molar-refractivity contribution in [1.29, 1.82) is 0 Å². The summed E-state index contributed by atoms with van der Waals surface area (Å²) in [6, 6.07) is 3.44. The molecule has 18 heavy (non-hydrogen) atoms. The van der Waals surface area contributed by atoms with Gasteiger partial charge in [0.2, 0.25) is 5.91 Å². The molecule has 0 aromatic carbocycles. The van der Waals surface area contributed by atoms with Crippen molar-refractivity contribution in [2.45, 2.75) is 6.54 Å². The van der Waals surface area contributed by atoms with E-state index in [4.69, 9.17) is 5.53 Å². The van der Waals surface area contributed by atoms with Crippen molar-refractivity contribution >= 4 is 23.5 Å². The van der Waals surface area contributed by atoms with Gasteiger partial charge in [-0.2, -0.15) is 11.3 Å². The van der Waals surface area contributed by atoms with Crippen molar-refractivity contribution in [3.63, 3.8) is 0 Å². The SMILES string of the molecule is [N-]=[N+]=NC(=O)c1cscc1Cn1cccc1C=O. The minimum Gasteiger partial charge on any atom is -0.341 e. The van der Waals surface area contributed by atoms with E-state index in [2.05, 4.69) is 10.0 Å². The third-order valence-corrected chi connectivity index (χ3v) is 3.23. The highest BCUT2D eigenvalue weighted by Gasteiger charge is 2.12. The van der Waals surface area contributed by atoms with Crippen molar-refractivity contribution in [2.75, 3.05) is 0 Å². The summed E-state index contributed by atoms with van der Waals surface area (Å²) >= 11 is 1.35. The fourth-order valence-electron chi connectivity index (χ4n) is 1.59. The lowest BCUT2D eigenvalue weighted by molar-refractivity contribution is 0.0999. The third kappa shape index (κ3) is 2.32. The first kappa shape index (κ1) is 12.1.